The number of anilines is 1. The van der Waals surface area contributed by atoms with Crippen molar-refractivity contribution in [3.63, 3.8) is 0 Å². The van der Waals surface area contributed by atoms with E-state index >= 15 is 0 Å². The maximum atomic E-state index is 12.7. The molecule has 1 amide bonds. The van der Waals surface area contributed by atoms with Crippen molar-refractivity contribution in [2.45, 2.75) is 46.1 Å². The smallest absolute Gasteiger partial charge is 0.341 e. The summed E-state index contributed by atoms with van der Waals surface area (Å²) < 4.78 is 11.4. The van der Waals surface area contributed by atoms with Gasteiger partial charge in [-0.1, -0.05) is 22.9 Å². The summed E-state index contributed by atoms with van der Waals surface area (Å²) in [5.41, 5.74) is 1.75. The van der Waals surface area contributed by atoms with Gasteiger partial charge in [-0.3, -0.25) is 4.79 Å². The highest BCUT2D eigenvalue weighted by Crippen LogP contribution is 2.40. The number of esters is 2. The number of benzene rings is 1. The highest BCUT2D eigenvalue weighted by molar-refractivity contribution is 9.10. The molecule has 1 aromatic heterocycles. The second-order valence-corrected chi connectivity index (χ2v) is 9.34. The van der Waals surface area contributed by atoms with E-state index in [0.717, 1.165) is 34.2 Å². The number of halogens is 1. The minimum atomic E-state index is -1.02. The van der Waals surface area contributed by atoms with E-state index in [1.54, 1.807) is 31.2 Å². The quantitative estimate of drug-likeness (QED) is 0.572. The van der Waals surface area contributed by atoms with Crippen molar-refractivity contribution in [2.75, 3.05) is 11.9 Å². The molecule has 30 heavy (non-hydrogen) atoms. The van der Waals surface area contributed by atoms with E-state index in [9.17, 15) is 14.4 Å². The number of thiophene rings is 1. The standard InChI is InChI=1S/C22H24BrNO5S/c1-4-28-22(27)18-16-10-5-12(2)11-17(16)30-20(18)24-19(25)13(3)29-21(26)14-6-8-15(23)9-7-14/h6-9,12-13H,4-5,10-11H2,1-3H3,(H,24,25). The van der Waals surface area contributed by atoms with Gasteiger partial charge >= 0.3 is 11.9 Å². The summed E-state index contributed by atoms with van der Waals surface area (Å²) in [6.45, 7) is 5.69. The van der Waals surface area contributed by atoms with Crippen molar-refractivity contribution in [2.24, 2.45) is 5.92 Å². The van der Waals surface area contributed by atoms with Gasteiger partial charge in [0.15, 0.2) is 6.10 Å². The summed E-state index contributed by atoms with van der Waals surface area (Å²) in [7, 11) is 0. The summed E-state index contributed by atoms with van der Waals surface area (Å²) in [5.74, 6) is -0.979. The third-order valence-electron chi connectivity index (χ3n) is 4.96. The molecule has 1 N–H and O–H groups in total. The molecule has 1 aliphatic carbocycles. The van der Waals surface area contributed by atoms with Gasteiger partial charge in [-0.15, -0.1) is 11.3 Å². The monoisotopic (exact) mass is 493 g/mol. The highest BCUT2D eigenvalue weighted by Gasteiger charge is 2.30. The average Bonchev–Trinajstić information content (AvgIpc) is 3.05. The molecule has 0 saturated heterocycles. The first-order chi connectivity index (χ1) is 14.3. The molecule has 3 rings (SSSR count). The van der Waals surface area contributed by atoms with Gasteiger partial charge in [0.1, 0.15) is 5.00 Å². The van der Waals surface area contributed by atoms with Gasteiger partial charge in [0.2, 0.25) is 0 Å². The maximum Gasteiger partial charge on any atom is 0.341 e. The summed E-state index contributed by atoms with van der Waals surface area (Å²) in [5, 5.41) is 3.24. The Morgan fingerprint density at radius 1 is 1.23 bits per heavy atom. The number of carbonyl (C=O) groups is 3. The lowest BCUT2D eigenvalue weighted by atomic mass is 9.88. The number of rotatable bonds is 6. The molecule has 0 saturated carbocycles. The first-order valence-electron chi connectivity index (χ1n) is 9.89. The second-order valence-electron chi connectivity index (χ2n) is 7.32. The number of ether oxygens (including phenoxy) is 2. The molecule has 2 unspecified atom stereocenters. The molecule has 1 heterocycles. The van der Waals surface area contributed by atoms with Crippen molar-refractivity contribution in [3.05, 3.63) is 50.3 Å². The van der Waals surface area contributed by atoms with Gasteiger partial charge in [-0.25, -0.2) is 9.59 Å². The Balaban J connectivity index is 1.75. The minimum absolute atomic E-state index is 0.258. The zero-order valence-corrected chi connectivity index (χ0v) is 19.5. The second kappa shape index (κ2) is 9.75. The normalized spacial score (nSPS) is 16.3. The van der Waals surface area contributed by atoms with Gasteiger partial charge in [0.05, 0.1) is 17.7 Å². The molecule has 1 aliphatic rings. The fraction of sp³-hybridized carbons (Fsp3) is 0.409. The van der Waals surface area contributed by atoms with E-state index in [-0.39, 0.29) is 6.61 Å². The maximum absolute atomic E-state index is 12.7. The van der Waals surface area contributed by atoms with Gasteiger partial charge in [-0.05, 0) is 68.9 Å². The lowest BCUT2D eigenvalue weighted by Gasteiger charge is -2.18. The molecular weight excluding hydrogens is 470 g/mol. The Hall–Kier alpha value is -2.19. The van der Waals surface area contributed by atoms with E-state index in [1.165, 1.54) is 18.3 Å². The van der Waals surface area contributed by atoms with E-state index in [4.69, 9.17) is 9.47 Å². The molecule has 0 fully saturated rings. The summed E-state index contributed by atoms with van der Waals surface area (Å²) in [4.78, 5) is 38.7. The lowest BCUT2D eigenvalue weighted by Crippen LogP contribution is -2.30. The van der Waals surface area contributed by atoms with Crippen LogP contribution in [0, 0.1) is 5.92 Å². The van der Waals surface area contributed by atoms with Crippen LogP contribution in [0.2, 0.25) is 0 Å². The van der Waals surface area contributed by atoms with E-state index < -0.39 is 23.9 Å². The van der Waals surface area contributed by atoms with Crippen molar-refractivity contribution >= 4 is 50.1 Å². The zero-order valence-electron chi connectivity index (χ0n) is 17.1. The van der Waals surface area contributed by atoms with Gasteiger partial charge < -0.3 is 14.8 Å². The van der Waals surface area contributed by atoms with Gasteiger partial charge in [-0.2, -0.15) is 0 Å². The number of nitrogens with one attached hydrogen (secondary N) is 1. The molecule has 0 bridgehead atoms. The Kier molecular flexibility index (Phi) is 7.31. The third kappa shape index (κ3) is 5.10. The molecule has 160 valence electrons. The predicted molar refractivity (Wildman–Crippen MR) is 119 cm³/mol. The van der Waals surface area contributed by atoms with Crippen LogP contribution in [0.25, 0.3) is 0 Å². The van der Waals surface area contributed by atoms with Crippen molar-refractivity contribution in [1.29, 1.82) is 0 Å². The van der Waals surface area contributed by atoms with Crippen molar-refractivity contribution in [3.8, 4) is 0 Å². The van der Waals surface area contributed by atoms with Crippen LogP contribution in [-0.2, 0) is 27.1 Å². The van der Waals surface area contributed by atoms with Crippen LogP contribution in [0.4, 0.5) is 5.00 Å². The fourth-order valence-corrected chi connectivity index (χ4v) is 5.01. The van der Waals surface area contributed by atoms with Crippen LogP contribution in [0.5, 0.6) is 0 Å². The van der Waals surface area contributed by atoms with Crippen LogP contribution in [0.3, 0.4) is 0 Å². The number of carbonyl (C=O) groups excluding carboxylic acids is 3. The predicted octanol–water partition coefficient (Wildman–Crippen LogP) is 5.00. The lowest BCUT2D eigenvalue weighted by molar-refractivity contribution is -0.123. The van der Waals surface area contributed by atoms with Crippen LogP contribution in [0.1, 0.15) is 58.3 Å². The SMILES string of the molecule is CCOC(=O)c1c(NC(=O)C(C)OC(=O)c2ccc(Br)cc2)sc2c1CCC(C)C2. The number of amides is 1. The van der Waals surface area contributed by atoms with E-state index in [2.05, 4.69) is 28.2 Å². The van der Waals surface area contributed by atoms with E-state index in [1.807, 2.05) is 0 Å². The Morgan fingerprint density at radius 2 is 1.93 bits per heavy atom. The largest absolute Gasteiger partial charge is 0.462 e. The van der Waals surface area contributed by atoms with Crippen molar-refractivity contribution in [1.82, 2.24) is 0 Å². The molecule has 6 nitrogen and oxygen atoms in total. The summed E-state index contributed by atoms with van der Waals surface area (Å²) in [6.07, 6.45) is 1.63. The molecule has 0 spiro atoms. The van der Waals surface area contributed by atoms with Crippen molar-refractivity contribution < 1.29 is 23.9 Å². The zero-order chi connectivity index (χ0) is 21.8. The van der Waals surface area contributed by atoms with Gasteiger partial charge in [0, 0.05) is 9.35 Å². The van der Waals surface area contributed by atoms with Crippen LogP contribution >= 0.6 is 27.3 Å². The molecule has 2 aromatic rings. The van der Waals surface area contributed by atoms with Crippen LogP contribution < -0.4 is 5.32 Å². The molecule has 2 atom stereocenters. The average molecular weight is 494 g/mol. The highest BCUT2D eigenvalue weighted by atomic mass is 79.9. The summed E-state index contributed by atoms with van der Waals surface area (Å²) in [6, 6.07) is 6.68. The fourth-order valence-electron chi connectivity index (χ4n) is 3.34. The van der Waals surface area contributed by atoms with E-state index in [0.29, 0.717) is 22.0 Å². The first-order valence-corrected chi connectivity index (χ1v) is 11.5. The number of hydrogen-bond donors (Lipinski definition) is 1. The molecule has 1 aromatic carbocycles. The number of hydrogen-bond acceptors (Lipinski definition) is 6. The third-order valence-corrected chi connectivity index (χ3v) is 6.66. The Labute approximate surface area is 188 Å². The number of fused-ring (bicyclic) bond motifs is 1. The van der Waals surface area contributed by atoms with Crippen LogP contribution in [-0.4, -0.2) is 30.6 Å². The Morgan fingerprint density at radius 3 is 2.60 bits per heavy atom. The topological polar surface area (TPSA) is 81.7 Å². The molecule has 0 radical (unpaired) electrons. The Bertz CT molecular complexity index is 953. The minimum Gasteiger partial charge on any atom is -0.462 e. The van der Waals surface area contributed by atoms with Gasteiger partial charge in [0.25, 0.3) is 5.91 Å². The first kappa shape index (κ1) is 22.5. The molecule has 8 heteroatoms. The summed E-state index contributed by atoms with van der Waals surface area (Å²) >= 11 is 4.71. The van der Waals surface area contributed by atoms with Crippen LogP contribution in [0.15, 0.2) is 28.7 Å². The molecule has 0 aliphatic heterocycles. The molecular formula is C22H24BrNO5S.